The number of nitrogen functional groups attached to an aromatic ring is 1. The molecule has 0 aliphatic carbocycles. The zero-order valence-electron chi connectivity index (χ0n) is 9.61. The molecule has 17 heavy (non-hydrogen) atoms. The SMILES string of the molecule is CCc1ccc(Sc2ccc(N)cc2I)cc1. The van der Waals surface area contributed by atoms with E-state index in [1.165, 1.54) is 18.9 Å². The Balaban J connectivity index is 2.19. The zero-order valence-corrected chi connectivity index (χ0v) is 12.6. The van der Waals surface area contributed by atoms with E-state index in [0.717, 1.165) is 12.1 Å². The summed E-state index contributed by atoms with van der Waals surface area (Å²) in [5.74, 6) is 0. The number of anilines is 1. The van der Waals surface area contributed by atoms with E-state index in [2.05, 4.69) is 59.8 Å². The molecule has 0 saturated carbocycles. The first-order valence-electron chi connectivity index (χ1n) is 5.51. The second-order valence-corrected chi connectivity index (χ2v) is 6.07. The van der Waals surface area contributed by atoms with Crippen LogP contribution in [0.5, 0.6) is 0 Å². The molecular formula is C14H14INS. The minimum absolute atomic E-state index is 0.820. The Bertz CT molecular complexity index is 508. The molecule has 88 valence electrons. The highest BCUT2D eigenvalue weighted by molar-refractivity contribution is 14.1. The average Bonchev–Trinajstić information content (AvgIpc) is 2.34. The Labute approximate surface area is 120 Å². The number of nitrogens with two attached hydrogens (primary N) is 1. The lowest BCUT2D eigenvalue weighted by Gasteiger charge is -2.06. The molecule has 0 atom stereocenters. The molecule has 0 bridgehead atoms. The fourth-order valence-electron chi connectivity index (χ4n) is 1.52. The van der Waals surface area contributed by atoms with Gasteiger partial charge in [0.1, 0.15) is 0 Å². The molecule has 0 unspecified atom stereocenters. The van der Waals surface area contributed by atoms with Crippen LogP contribution in [0.2, 0.25) is 0 Å². The minimum Gasteiger partial charge on any atom is -0.399 e. The van der Waals surface area contributed by atoms with Gasteiger partial charge in [0.05, 0.1) is 0 Å². The van der Waals surface area contributed by atoms with Crippen molar-refractivity contribution in [2.24, 2.45) is 0 Å². The molecule has 2 aromatic rings. The molecular weight excluding hydrogens is 341 g/mol. The van der Waals surface area contributed by atoms with Crippen LogP contribution in [0, 0.1) is 3.57 Å². The van der Waals surface area contributed by atoms with Crippen molar-refractivity contribution in [1.82, 2.24) is 0 Å². The molecule has 0 amide bonds. The average molecular weight is 355 g/mol. The third-order valence-corrected chi connectivity index (χ3v) is 4.86. The molecule has 1 nitrogen and oxygen atoms in total. The molecule has 0 fully saturated rings. The second-order valence-electron chi connectivity index (χ2n) is 3.79. The van der Waals surface area contributed by atoms with Crippen molar-refractivity contribution >= 4 is 40.0 Å². The van der Waals surface area contributed by atoms with E-state index in [9.17, 15) is 0 Å². The smallest absolute Gasteiger partial charge is 0.0325 e. The fourth-order valence-corrected chi connectivity index (χ4v) is 3.21. The van der Waals surface area contributed by atoms with Gasteiger partial charge in [-0.15, -0.1) is 0 Å². The van der Waals surface area contributed by atoms with Crippen LogP contribution in [0.1, 0.15) is 12.5 Å². The van der Waals surface area contributed by atoms with Crippen molar-refractivity contribution in [2.45, 2.75) is 23.1 Å². The topological polar surface area (TPSA) is 26.0 Å². The number of hydrogen-bond acceptors (Lipinski definition) is 2. The molecule has 0 aromatic heterocycles. The molecule has 0 spiro atoms. The van der Waals surface area contributed by atoms with Gasteiger partial charge in [-0.25, -0.2) is 0 Å². The Morgan fingerprint density at radius 1 is 1.12 bits per heavy atom. The molecule has 0 aliphatic heterocycles. The van der Waals surface area contributed by atoms with Crippen LogP contribution in [-0.4, -0.2) is 0 Å². The summed E-state index contributed by atoms with van der Waals surface area (Å²) in [7, 11) is 0. The monoisotopic (exact) mass is 355 g/mol. The summed E-state index contributed by atoms with van der Waals surface area (Å²) in [6, 6.07) is 14.8. The van der Waals surface area contributed by atoms with E-state index < -0.39 is 0 Å². The maximum absolute atomic E-state index is 5.74. The van der Waals surface area contributed by atoms with E-state index in [1.807, 2.05) is 12.1 Å². The number of rotatable bonds is 3. The van der Waals surface area contributed by atoms with Crippen LogP contribution >= 0.6 is 34.4 Å². The second kappa shape index (κ2) is 5.78. The summed E-state index contributed by atoms with van der Waals surface area (Å²) in [5, 5.41) is 0. The predicted octanol–water partition coefficient (Wildman–Crippen LogP) is 4.59. The molecule has 0 aliphatic rings. The van der Waals surface area contributed by atoms with Gasteiger partial charge in [-0.3, -0.25) is 0 Å². The normalized spacial score (nSPS) is 10.5. The summed E-state index contributed by atoms with van der Waals surface area (Å²) in [5.41, 5.74) is 7.94. The predicted molar refractivity (Wildman–Crippen MR) is 83.5 cm³/mol. The van der Waals surface area contributed by atoms with Crippen molar-refractivity contribution in [3.63, 3.8) is 0 Å². The Hall–Kier alpha value is -0.680. The maximum atomic E-state index is 5.74. The van der Waals surface area contributed by atoms with Crippen molar-refractivity contribution in [3.05, 3.63) is 51.6 Å². The molecule has 0 radical (unpaired) electrons. The molecule has 0 heterocycles. The van der Waals surface area contributed by atoms with Gasteiger partial charge < -0.3 is 5.73 Å². The largest absolute Gasteiger partial charge is 0.399 e. The number of halogens is 1. The summed E-state index contributed by atoms with van der Waals surface area (Å²) < 4.78 is 1.20. The maximum Gasteiger partial charge on any atom is 0.0325 e. The standard InChI is InChI=1S/C14H14INS/c1-2-10-3-6-12(7-4-10)17-14-8-5-11(16)9-13(14)15/h3-9H,2,16H2,1H3. The third-order valence-electron chi connectivity index (χ3n) is 2.52. The highest BCUT2D eigenvalue weighted by Gasteiger charge is 2.02. The van der Waals surface area contributed by atoms with E-state index >= 15 is 0 Å². The highest BCUT2D eigenvalue weighted by atomic mass is 127. The Morgan fingerprint density at radius 2 is 1.82 bits per heavy atom. The van der Waals surface area contributed by atoms with E-state index in [1.54, 1.807) is 11.8 Å². The molecule has 2 rings (SSSR count). The van der Waals surface area contributed by atoms with Crippen LogP contribution in [0.4, 0.5) is 5.69 Å². The van der Waals surface area contributed by atoms with Gasteiger partial charge in [-0.2, -0.15) is 0 Å². The fraction of sp³-hybridized carbons (Fsp3) is 0.143. The lowest BCUT2D eigenvalue weighted by molar-refractivity contribution is 1.13. The summed E-state index contributed by atoms with van der Waals surface area (Å²) in [6.45, 7) is 2.17. The summed E-state index contributed by atoms with van der Waals surface area (Å²) in [6.07, 6.45) is 1.09. The minimum atomic E-state index is 0.820. The molecule has 2 aromatic carbocycles. The van der Waals surface area contributed by atoms with Crippen LogP contribution < -0.4 is 5.73 Å². The van der Waals surface area contributed by atoms with Crippen LogP contribution in [0.25, 0.3) is 0 Å². The molecule has 3 heteroatoms. The van der Waals surface area contributed by atoms with Gasteiger partial charge in [-0.1, -0.05) is 30.8 Å². The van der Waals surface area contributed by atoms with Gasteiger partial charge in [0.15, 0.2) is 0 Å². The van der Waals surface area contributed by atoms with E-state index in [0.29, 0.717) is 0 Å². The van der Waals surface area contributed by atoms with Gasteiger partial charge in [0.25, 0.3) is 0 Å². The van der Waals surface area contributed by atoms with Crippen LogP contribution in [-0.2, 0) is 6.42 Å². The third kappa shape index (κ3) is 3.39. The Morgan fingerprint density at radius 3 is 2.41 bits per heavy atom. The van der Waals surface area contributed by atoms with Crippen LogP contribution in [0.15, 0.2) is 52.3 Å². The summed E-state index contributed by atoms with van der Waals surface area (Å²) >= 11 is 4.11. The van der Waals surface area contributed by atoms with Crippen molar-refractivity contribution in [1.29, 1.82) is 0 Å². The Kier molecular flexibility index (Phi) is 4.34. The number of benzene rings is 2. The van der Waals surface area contributed by atoms with E-state index in [4.69, 9.17) is 5.73 Å². The van der Waals surface area contributed by atoms with Crippen molar-refractivity contribution in [3.8, 4) is 0 Å². The first-order chi connectivity index (χ1) is 8.19. The lowest BCUT2D eigenvalue weighted by atomic mass is 10.2. The zero-order chi connectivity index (χ0) is 12.3. The first kappa shape index (κ1) is 12.8. The summed E-state index contributed by atoms with van der Waals surface area (Å²) in [4.78, 5) is 2.52. The van der Waals surface area contributed by atoms with Gasteiger partial charge in [0.2, 0.25) is 0 Å². The van der Waals surface area contributed by atoms with Crippen molar-refractivity contribution in [2.75, 3.05) is 5.73 Å². The highest BCUT2D eigenvalue weighted by Crippen LogP contribution is 2.32. The van der Waals surface area contributed by atoms with Gasteiger partial charge >= 0.3 is 0 Å². The quantitative estimate of drug-likeness (QED) is 0.644. The first-order valence-corrected chi connectivity index (χ1v) is 7.40. The molecule has 2 N–H and O–H groups in total. The number of aryl methyl sites for hydroxylation is 1. The van der Waals surface area contributed by atoms with Crippen molar-refractivity contribution < 1.29 is 0 Å². The van der Waals surface area contributed by atoms with Gasteiger partial charge in [0, 0.05) is 19.0 Å². The van der Waals surface area contributed by atoms with E-state index in [-0.39, 0.29) is 0 Å². The van der Waals surface area contributed by atoms with Crippen LogP contribution in [0.3, 0.4) is 0 Å². The molecule has 0 saturated heterocycles. The van der Waals surface area contributed by atoms with Gasteiger partial charge in [-0.05, 0) is 64.9 Å². The lowest BCUT2D eigenvalue weighted by Crippen LogP contribution is -1.87. The number of hydrogen-bond donors (Lipinski definition) is 1.